The molecule has 0 aliphatic rings. The van der Waals surface area contributed by atoms with Gasteiger partial charge in [0.1, 0.15) is 0 Å². The van der Waals surface area contributed by atoms with E-state index in [2.05, 4.69) is 15.7 Å². The summed E-state index contributed by atoms with van der Waals surface area (Å²) in [7, 11) is 4.95. The maximum atomic E-state index is 11.4. The van der Waals surface area contributed by atoms with E-state index >= 15 is 0 Å². The fourth-order valence-electron chi connectivity index (χ4n) is 0.893. The minimum Gasteiger partial charge on any atom is -0.364 e. The lowest BCUT2D eigenvalue weighted by molar-refractivity contribution is 0.818. The van der Waals surface area contributed by atoms with Crippen LogP contribution < -0.4 is 16.3 Å². The van der Waals surface area contributed by atoms with Crippen LogP contribution >= 0.6 is 12.2 Å². The fraction of sp³-hybridized carbons (Fsp3) is 0.500. The summed E-state index contributed by atoms with van der Waals surface area (Å²) in [6, 6.07) is 0. The van der Waals surface area contributed by atoms with Crippen molar-refractivity contribution in [1.82, 2.24) is 19.7 Å². The number of rotatable bonds is 1. The summed E-state index contributed by atoms with van der Waals surface area (Å²) in [5.41, 5.74) is -0.274. The topological polar surface area (TPSA) is 63.9 Å². The van der Waals surface area contributed by atoms with Gasteiger partial charge in [0.25, 0.3) is 0 Å². The quantitative estimate of drug-likeness (QED) is 0.569. The van der Waals surface area contributed by atoms with Crippen molar-refractivity contribution in [2.24, 2.45) is 7.05 Å². The van der Waals surface area contributed by atoms with Gasteiger partial charge in [-0.2, -0.15) is 4.68 Å². The van der Waals surface area contributed by atoms with Gasteiger partial charge in [0, 0.05) is 21.1 Å². The average Bonchev–Trinajstić information content (AvgIpc) is 2.43. The van der Waals surface area contributed by atoms with E-state index in [4.69, 9.17) is 12.2 Å². The molecule has 2 N–H and O–H groups in total. The van der Waals surface area contributed by atoms with E-state index < -0.39 is 0 Å². The van der Waals surface area contributed by atoms with Gasteiger partial charge in [0.2, 0.25) is 5.95 Å². The van der Waals surface area contributed by atoms with Crippen molar-refractivity contribution in [2.45, 2.75) is 0 Å². The smallest absolute Gasteiger partial charge is 0.354 e. The fourth-order valence-corrected chi connectivity index (χ4v) is 1.01. The first-order valence-electron chi connectivity index (χ1n) is 3.67. The summed E-state index contributed by atoms with van der Waals surface area (Å²) in [6.07, 6.45) is 0. The maximum Gasteiger partial charge on any atom is 0.354 e. The molecule has 0 bridgehead atoms. The highest BCUT2D eigenvalue weighted by Gasteiger charge is 2.10. The van der Waals surface area contributed by atoms with Crippen molar-refractivity contribution in [3.8, 4) is 0 Å². The number of aromatic nitrogens is 3. The molecule has 0 radical (unpaired) electrons. The Balaban J connectivity index is 3.25. The number of nitrogens with one attached hydrogen (secondary N) is 2. The molecule has 1 rings (SSSR count). The Kier molecular flexibility index (Phi) is 2.66. The lowest BCUT2D eigenvalue weighted by Crippen LogP contribution is -2.35. The van der Waals surface area contributed by atoms with Crippen LogP contribution in [0.15, 0.2) is 4.79 Å². The molecular weight excluding hydrogens is 190 g/mol. The van der Waals surface area contributed by atoms with E-state index in [9.17, 15) is 4.79 Å². The summed E-state index contributed by atoms with van der Waals surface area (Å²) in [5, 5.41) is 9.69. The van der Waals surface area contributed by atoms with Gasteiger partial charge in [-0.3, -0.25) is 4.57 Å². The van der Waals surface area contributed by atoms with Crippen molar-refractivity contribution < 1.29 is 0 Å². The van der Waals surface area contributed by atoms with E-state index in [1.165, 1.54) is 4.57 Å². The Hall–Kier alpha value is -1.37. The summed E-state index contributed by atoms with van der Waals surface area (Å²) in [6.45, 7) is 0. The van der Waals surface area contributed by atoms with Crippen LogP contribution in [0.1, 0.15) is 0 Å². The number of hydrogen-bond acceptors (Lipinski definition) is 4. The first-order chi connectivity index (χ1) is 6.11. The molecule has 0 aliphatic heterocycles. The van der Waals surface area contributed by atoms with E-state index in [1.807, 2.05) is 0 Å². The molecule has 0 atom stereocenters. The highest BCUT2D eigenvalue weighted by Crippen LogP contribution is 1.93. The molecule has 72 valence electrons. The molecule has 0 fully saturated rings. The molecule has 0 spiro atoms. The van der Waals surface area contributed by atoms with Crippen molar-refractivity contribution >= 4 is 23.3 Å². The third-order valence-electron chi connectivity index (χ3n) is 1.61. The van der Waals surface area contributed by atoms with E-state index in [1.54, 1.807) is 21.1 Å². The van der Waals surface area contributed by atoms with Gasteiger partial charge < -0.3 is 10.6 Å². The lowest BCUT2D eigenvalue weighted by atomic mass is 10.9. The predicted octanol–water partition coefficient (Wildman–Crippen LogP) is -1.02. The molecule has 13 heavy (non-hydrogen) atoms. The summed E-state index contributed by atoms with van der Waals surface area (Å²) < 4.78 is 2.50. The minimum absolute atomic E-state index is 0.274. The number of anilines is 1. The van der Waals surface area contributed by atoms with Gasteiger partial charge in [-0.05, 0) is 12.2 Å². The molecule has 6 nitrogen and oxygen atoms in total. The van der Waals surface area contributed by atoms with Crippen molar-refractivity contribution in [2.75, 3.05) is 19.4 Å². The highest BCUT2D eigenvalue weighted by molar-refractivity contribution is 7.80. The molecule has 0 aromatic carbocycles. The second kappa shape index (κ2) is 3.56. The van der Waals surface area contributed by atoms with Crippen LogP contribution in [0.3, 0.4) is 0 Å². The van der Waals surface area contributed by atoms with Crippen LogP contribution in [0.2, 0.25) is 0 Å². The SMILES string of the molecule is CNC(=S)n1nc(NC)n(C)c1=O. The predicted molar refractivity (Wildman–Crippen MR) is 54.1 cm³/mol. The number of nitrogens with zero attached hydrogens (tertiary/aromatic N) is 3. The highest BCUT2D eigenvalue weighted by atomic mass is 32.1. The standard InChI is InChI=1S/C6H11N5OS/c1-7-4-9-11(5(13)8-2)6(12)10(4)3/h1-3H3,(H,7,9)(H,8,13). The zero-order chi connectivity index (χ0) is 10.0. The van der Waals surface area contributed by atoms with Gasteiger partial charge in [-0.15, -0.1) is 5.10 Å². The Morgan fingerprint density at radius 2 is 2.15 bits per heavy atom. The van der Waals surface area contributed by atoms with E-state index in [0.29, 0.717) is 5.95 Å². The van der Waals surface area contributed by atoms with E-state index in [0.717, 1.165) is 4.68 Å². The molecule has 7 heteroatoms. The van der Waals surface area contributed by atoms with Gasteiger partial charge in [0.15, 0.2) is 5.11 Å². The van der Waals surface area contributed by atoms with Gasteiger partial charge >= 0.3 is 5.69 Å². The van der Waals surface area contributed by atoms with Crippen LogP contribution in [0.5, 0.6) is 0 Å². The molecule has 1 heterocycles. The number of hydrogen-bond donors (Lipinski definition) is 2. The molecule has 0 saturated carbocycles. The van der Waals surface area contributed by atoms with Crippen LogP contribution in [-0.2, 0) is 7.05 Å². The lowest BCUT2D eigenvalue weighted by Gasteiger charge is -1.97. The Morgan fingerprint density at radius 1 is 1.54 bits per heavy atom. The van der Waals surface area contributed by atoms with Gasteiger partial charge in [0.05, 0.1) is 0 Å². The Bertz CT molecular complexity index is 379. The second-order valence-electron chi connectivity index (χ2n) is 2.38. The largest absolute Gasteiger partial charge is 0.364 e. The third kappa shape index (κ3) is 1.55. The van der Waals surface area contributed by atoms with Crippen molar-refractivity contribution in [3.63, 3.8) is 0 Å². The first-order valence-corrected chi connectivity index (χ1v) is 4.08. The summed E-state index contributed by atoms with van der Waals surface area (Å²) in [5.74, 6) is 0.475. The Morgan fingerprint density at radius 3 is 2.54 bits per heavy atom. The monoisotopic (exact) mass is 201 g/mol. The molecular formula is C6H11N5OS. The number of thiocarbonyl (C=S) groups is 1. The molecule has 0 unspecified atom stereocenters. The molecule has 0 aliphatic carbocycles. The average molecular weight is 201 g/mol. The first kappa shape index (κ1) is 9.72. The molecule has 0 saturated heterocycles. The van der Waals surface area contributed by atoms with Crippen LogP contribution in [0.4, 0.5) is 5.95 Å². The Labute approximate surface area is 80.5 Å². The summed E-state index contributed by atoms with van der Waals surface area (Å²) in [4.78, 5) is 11.4. The second-order valence-corrected chi connectivity index (χ2v) is 2.77. The van der Waals surface area contributed by atoms with Crippen molar-refractivity contribution in [3.05, 3.63) is 10.5 Å². The molecule has 1 aromatic heterocycles. The molecule has 1 aromatic rings. The zero-order valence-electron chi connectivity index (χ0n) is 7.66. The molecule has 0 amide bonds. The van der Waals surface area contributed by atoms with Crippen LogP contribution in [0, 0.1) is 0 Å². The minimum atomic E-state index is -0.274. The van der Waals surface area contributed by atoms with Crippen LogP contribution in [-0.4, -0.2) is 33.6 Å². The van der Waals surface area contributed by atoms with Crippen LogP contribution in [0.25, 0.3) is 0 Å². The zero-order valence-corrected chi connectivity index (χ0v) is 8.47. The third-order valence-corrected chi connectivity index (χ3v) is 1.99. The summed E-state index contributed by atoms with van der Waals surface area (Å²) >= 11 is 4.88. The van der Waals surface area contributed by atoms with Gasteiger partial charge in [-0.25, -0.2) is 4.79 Å². The van der Waals surface area contributed by atoms with Gasteiger partial charge in [-0.1, -0.05) is 0 Å². The normalized spacial score (nSPS) is 9.77. The maximum absolute atomic E-state index is 11.4. The van der Waals surface area contributed by atoms with Crippen molar-refractivity contribution in [1.29, 1.82) is 0 Å². The van der Waals surface area contributed by atoms with E-state index in [-0.39, 0.29) is 10.8 Å².